The predicted octanol–water partition coefficient (Wildman–Crippen LogP) is 5.23. The molecule has 16 heavy (non-hydrogen) atoms. The molecule has 0 spiro atoms. The average Bonchev–Trinajstić information content (AvgIpc) is 2.28. The first-order valence-electron chi connectivity index (χ1n) is 6.67. The van der Waals surface area contributed by atoms with Gasteiger partial charge in [-0.2, -0.15) is 0 Å². The van der Waals surface area contributed by atoms with Crippen LogP contribution in [0.3, 0.4) is 0 Å². The fourth-order valence-electron chi connectivity index (χ4n) is 2.50. The van der Waals surface area contributed by atoms with Gasteiger partial charge >= 0.3 is 0 Å². The molecule has 0 aliphatic carbocycles. The molecule has 0 aliphatic rings. The van der Waals surface area contributed by atoms with Crippen molar-refractivity contribution in [1.29, 1.82) is 0 Å². The molecule has 0 saturated carbocycles. The van der Waals surface area contributed by atoms with Gasteiger partial charge in [-0.15, -0.1) is 0 Å². The van der Waals surface area contributed by atoms with Crippen molar-refractivity contribution in [3.8, 4) is 0 Å². The maximum Gasteiger partial charge on any atom is -0.0134 e. The maximum absolute atomic E-state index is 2.39. The van der Waals surface area contributed by atoms with Crippen molar-refractivity contribution in [2.24, 2.45) is 5.92 Å². The molecular weight excluding hydrogens is 192 g/mol. The molecule has 0 radical (unpaired) electrons. The molecular formula is C16H26. The van der Waals surface area contributed by atoms with E-state index in [-0.39, 0.29) is 0 Å². The molecule has 0 aliphatic heterocycles. The fraction of sp³-hybridized carbons (Fsp3) is 0.625. The van der Waals surface area contributed by atoms with Crippen molar-refractivity contribution < 1.29 is 0 Å². The Labute approximate surface area is 101 Å². The van der Waals surface area contributed by atoms with Gasteiger partial charge in [0.15, 0.2) is 0 Å². The van der Waals surface area contributed by atoms with E-state index in [4.69, 9.17) is 0 Å². The molecule has 0 heterocycles. The summed E-state index contributed by atoms with van der Waals surface area (Å²) in [4.78, 5) is 0. The van der Waals surface area contributed by atoms with E-state index in [2.05, 4.69) is 52.8 Å². The fourth-order valence-corrected chi connectivity index (χ4v) is 2.50. The molecule has 0 amide bonds. The minimum absolute atomic E-state index is 0.745. The summed E-state index contributed by atoms with van der Waals surface area (Å²) in [5.74, 6) is 1.54. The van der Waals surface area contributed by atoms with Crippen LogP contribution in [0.5, 0.6) is 0 Å². The van der Waals surface area contributed by atoms with Crippen LogP contribution in [-0.2, 0) is 0 Å². The number of hydrogen-bond acceptors (Lipinski definition) is 0. The SMILES string of the molecule is CCCC(c1cc(C)ccc1C)C(C)CC. The molecule has 2 unspecified atom stereocenters. The zero-order chi connectivity index (χ0) is 12.1. The smallest absolute Gasteiger partial charge is 0.0134 e. The van der Waals surface area contributed by atoms with E-state index in [0.29, 0.717) is 0 Å². The molecule has 90 valence electrons. The van der Waals surface area contributed by atoms with Crippen LogP contribution >= 0.6 is 0 Å². The first kappa shape index (κ1) is 13.3. The van der Waals surface area contributed by atoms with E-state index in [0.717, 1.165) is 11.8 Å². The zero-order valence-corrected chi connectivity index (χ0v) is 11.5. The van der Waals surface area contributed by atoms with Crippen LogP contribution in [0.25, 0.3) is 0 Å². The lowest BCUT2D eigenvalue weighted by Crippen LogP contribution is -2.10. The Bertz CT molecular complexity index is 325. The Morgan fingerprint density at radius 1 is 1.12 bits per heavy atom. The first-order valence-corrected chi connectivity index (χ1v) is 6.67. The summed E-state index contributed by atoms with van der Waals surface area (Å²) in [5, 5.41) is 0. The van der Waals surface area contributed by atoms with Crippen LogP contribution in [0.1, 0.15) is 62.6 Å². The second-order valence-electron chi connectivity index (χ2n) is 5.14. The van der Waals surface area contributed by atoms with Crippen molar-refractivity contribution in [3.63, 3.8) is 0 Å². The minimum atomic E-state index is 0.745. The maximum atomic E-state index is 2.39. The topological polar surface area (TPSA) is 0 Å². The third-order valence-corrected chi connectivity index (χ3v) is 3.76. The Morgan fingerprint density at radius 2 is 1.81 bits per heavy atom. The van der Waals surface area contributed by atoms with Crippen LogP contribution in [0.4, 0.5) is 0 Å². The second kappa shape index (κ2) is 6.08. The molecule has 0 bridgehead atoms. The van der Waals surface area contributed by atoms with Gasteiger partial charge in [0.1, 0.15) is 0 Å². The standard InChI is InChI=1S/C16H26/c1-6-8-15(13(4)7-2)16-11-12(3)9-10-14(16)5/h9-11,13,15H,6-8H2,1-5H3. The number of rotatable bonds is 5. The van der Waals surface area contributed by atoms with E-state index < -0.39 is 0 Å². The highest BCUT2D eigenvalue weighted by atomic mass is 14.2. The molecule has 0 N–H and O–H groups in total. The highest BCUT2D eigenvalue weighted by molar-refractivity contribution is 5.33. The van der Waals surface area contributed by atoms with Crippen LogP contribution in [0.15, 0.2) is 18.2 Å². The Hall–Kier alpha value is -0.780. The summed E-state index contributed by atoms with van der Waals surface area (Å²) in [6.45, 7) is 11.4. The summed E-state index contributed by atoms with van der Waals surface area (Å²) in [6, 6.07) is 6.88. The van der Waals surface area contributed by atoms with Gasteiger partial charge in [-0.3, -0.25) is 0 Å². The monoisotopic (exact) mass is 218 g/mol. The first-order chi connectivity index (χ1) is 7.60. The Morgan fingerprint density at radius 3 is 2.38 bits per heavy atom. The van der Waals surface area contributed by atoms with E-state index >= 15 is 0 Å². The molecule has 0 saturated heterocycles. The van der Waals surface area contributed by atoms with Crippen molar-refractivity contribution >= 4 is 0 Å². The van der Waals surface area contributed by atoms with Gasteiger partial charge in [-0.25, -0.2) is 0 Å². The summed E-state index contributed by atoms with van der Waals surface area (Å²) >= 11 is 0. The van der Waals surface area contributed by atoms with E-state index in [1.165, 1.54) is 30.4 Å². The van der Waals surface area contributed by atoms with E-state index in [1.807, 2.05) is 0 Å². The quantitative estimate of drug-likeness (QED) is 0.634. The lowest BCUT2D eigenvalue weighted by molar-refractivity contribution is 0.417. The van der Waals surface area contributed by atoms with Gasteiger partial charge in [-0.1, -0.05) is 57.4 Å². The highest BCUT2D eigenvalue weighted by Gasteiger charge is 2.18. The van der Waals surface area contributed by atoms with Crippen LogP contribution in [0, 0.1) is 19.8 Å². The van der Waals surface area contributed by atoms with Crippen molar-refractivity contribution in [2.45, 2.75) is 59.8 Å². The number of hydrogen-bond donors (Lipinski definition) is 0. The van der Waals surface area contributed by atoms with Gasteiger partial charge in [0, 0.05) is 0 Å². The minimum Gasteiger partial charge on any atom is -0.0654 e. The van der Waals surface area contributed by atoms with Crippen molar-refractivity contribution in [2.75, 3.05) is 0 Å². The molecule has 0 aromatic heterocycles. The number of aryl methyl sites for hydroxylation is 2. The summed E-state index contributed by atoms with van der Waals surface area (Å²) in [5.41, 5.74) is 4.44. The predicted molar refractivity (Wildman–Crippen MR) is 73.0 cm³/mol. The summed E-state index contributed by atoms with van der Waals surface area (Å²) < 4.78 is 0. The normalized spacial score (nSPS) is 14.8. The Kier molecular flexibility index (Phi) is 5.05. The van der Waals surface area contributed by atoms with Crippen molar-refractivity contribution in [3.05, 3.63) is 34.9 Å². The van der Waals surface area contributed by atoms with Crippen LogP contribution in [0.2, 0.25) is 0 Å². The molecule has 1 rings (SSSR count). The van der Waals surface area contributed by atoms with Crippen molar-refractivity contribution in [1.82, 2.24) is 0 Å². The number of benzene rings is 1. The zero-order valence-electron chi connectivity index (χ0n) is 11.5. The highest BCUT2D eigenvalue weighted by Crippen LogP contribution is 2.33. The van der Waals surface area contributed by atoms with Crippen LogP contribution < -0.4 is 0 Å². The lowest BCUT2D eigenvalue weighted by atomic mass is 9.80. The van der Waals surface area contributed by atoms with Gasteiger partial charge in [0.25, 0.3) is 0 Å². The molecule has 2 atom stereocenters. The third-order valence-electron chi connectivity index (χ3n) is 3.76. The Balaban J connectivity index is 3.04. The summed E-state index contributed by atoms with van der Waals surface area (Å²) in [6.07, 6.45) is 3.87. The molecule has 0 nitrogen and oxygen atoms in total. The average molecular weight is 218 g/mol. The summed E-state index contributed by atoms with van der Waals surface area (Å²) in [7, 11) is 0. The van der Waals surface area contributed by atoms with Gasteiger partial charge in [0.05, 0.1) is 0 Å². The van der Waals surface area contributed by atoms with Crippen LogP contribution in [-0.4, -0.2) is 0 Å². The molecule has 0 heteroatoms. The van der Waals surface area contributed by atoms with Gasteiger partial charge < -0.3 is 0 Å². The molecule has 1 aromatic carbocycles. The lowest BCUT2D eigenvalue weighted by Gasteiger charge is -2.25. The van der Waals surface area contributed by atoms with E-state index in [1.54, 1.807) is 5.56 Å². The largest absolute Gasteiger partial charge is 0.0654 e. The molecule has 0 fully saturated rings. The molecule has 1 aromatic rings. The van der Waals surface area contributed by atoms with E-state index in [9.17, 15) is 0 Å². The third kappa shape index (κ3) is 3.10. The second-order valence-corrected chi connectivity index (χ2v) is 5.14. The van der Waals surface area contributed by atoms with Gasteiger partial charge in [-0.05, 0) is 43.2 Å². The van der Waals surface area contributed by atoms with Gasteiger partial charge in [0.2, 0.25) is 0 Å².